The zero-order valence-electron chi connectivity index (χ0n) is 9.49. The molecule has 0 fully saturated rings. The van der Waals surface area contributed by atoms with E-state index < -0.39 is 8.07 Å². The fourth-order valence-electron chi connectivity index (χ4n) is 0. The van der Waals surface area contributed by atoms with Crippen LogP contribution in [0.5, 0.6) is 0 Å². The Labute approximate surface area is 80.7 Å². The van der Waals surface area contributed by atoms with Gasteiger partial charge < -0.3 is 0 Å². The molecule has 0 saturated heterocycles. The molecule has 0 heterocycles. The average molecular weight is 204 g/mol. The molecule has 0 aromatic carbocycles. The summed E-state index contributed by atoms with van der Waals surface area (Å²) in [5.74, 6) is 0. The molecule has 0 radical (unpaired) electrons. The van der Waals surface area contributed by atoms with E-state index in [-0.39, 0.29) is 0 Å². The van der Waals surface area contributed by atoms with Gasteiger partial charge in [-0.1, -0.05) is 40.4 Å². The standard InChI is InChI=1S/C7H18Si.CH4BOP/c1-7(2,3)8(4,5)6;1-4-2-3/h1-6H3;4H,1H3. The van der Waals surface area contributed by atoms with Gasteiger partial charge >= 0.3 is 26.7 Å². The molecule has 0 aliphatic heterocycles. The van der Waals surface area contributed by atoms with Crippen molar-refractivity contribution in [2.75, 3.05) is 6.66 Å². The molecular formula is C8H22BOPSi. The van der Waals surface area contributed by atoms with Crippen molar-refractivity contribution in [2.24, 2.45) is 0 Å². The van der Waals surface area contributed by atoms with Crippen LogP contribution in [0.2, 0.25) is 24.7 Å². The van der Waals surface area contributed by atoms with Crippen molar-refractivity contribution in [3.63, 3.8) is 0 Å². The molecule has 0 N–H and O–H groups in total. The van der Waals surface area contributed by atoms with Crippen molar-refractivity contribution in [1.29, 1.82) is 0 Å². The molecule has 0 spiro atoms. The second-order valence-electron chi connectivity index (χ2n) is 4.91. The monoisotopic (exact) mass is 204 g/mol. The van der Waals surface area contributed by atoms with Gasteiger partial charge in [0.05, 0.1) is 0 Å². The quantitative estimate of drug-likeness (QED) is 0.472. The molecule has 0 aromatic heterocycles. The molecule has 0 amide bonds. The molecular weight excluding hydrogens is 182 g/mol. The van der Waals surface area contributed by atoms with Crippen LogP contribution in [0.15, 0.2) is 0 Å². The van der Waals surface area contributed by atoms with E-state index in [0.29, 0.717) is 13.5 Å². The van der Waals surface area contributed by atoms with Crippen LogP contribution >= 0.6 is 8.46 Å². The Morgan fingerprint density at radius 3 is 1.33 bits per heavy atom. The third kappa shape index (κ3) is 8.61. The van der Waals surface area contributed by atoms with E-state index in [2.05, 4.69) is 40.4 Å². The average Bonchev–Trinajstić information content (AvgIpc) is 1.84. The molecule has 1 unspecified atom stereocenters. The summed E-state index contributed by atoms with van der Waals surface area (Å²) in [5, 5.41) is 0.576. The van der Waals surface area contributed by atoms with Crippen LogP contribution in [-0.2, 0) is 4.70 Å². The first-order valence-corrected chi connectivity index (χ1v) is 9.35. The van der Waals surface area contributed by atoms with Gasteiger partial charge in [-0.2, -0.15) is 0 Å². The van der Waals surface area contributed by atoms with E-state index in [1.807, 2.05) is 6.66 Å². The minimum absolute atomic E-state index is 0.460. The molecule has 0 aliphatic rings. The van der Waals surface area contributed by atoms with E-state index >= 15 is 0 Å². The first kappa shape index (κ1) is 15.0. The van der Waals surface area contributed by atoms with Gasteiger partial charge in [-0.25, -0.2) is 0 Å². The maximum absolute atomic E-state index is 9.19. The van der Waals surface area contributed by atoms with Crippen LogP contribution in [0.4, 0.5) is 0 Å². The summed E-state index contributed by atoms with van der Waals surface area (Å²) >= 11 is 0. The van der Waals surface area contributed by atoms with Crippen molar-refractivity contribution >= 4 is 23.4 Å². The fourth-order valence-corrected chi connectivity index (χ4v) is 0. The Kier molecular flexibility index (Phi) is 7.55. The zero-order valence-corrected chi connectivity index (χ0v) is 11.5. The van der Waals surface area contributed by atoms with E-state index in [0.717, 1.165) is 6.87 Å². The van der Waals surface area contributed by atoms with Crippen LogP contribution in [0.3, 0.4) is 0 Å². The summed E-state index contributed by atoms with van der Waals surface area (Å²) in [4.78, 5) is 0. The van der Waals surface area contributed by atoms with Gasteiger partial charge in [0, 0.05) is 8.07 Å². The van der Waals surface area contributed by atoms with E-state index in [1.165, 1.54) is 0 Å². The number of rotatable bonds is 1. The topological polar surface area (TPSA) is 17.1 Å². The van der Waals surface area contributed by atoms with Gasteiger partial charge in [0.25, 0.3) is 0 Å². The Morgan fingerprint density at radius 2 is 1.33 bits per heavy atom. The summed E-state index contributed by atoms with van der Waals surface area (Å²) in [6.07, 6.45) is 0. The van der Waals surface area contributed by atoms with Crippen LogP contribution in [0.25, 0.3) is 0 Å². The summed E-state index contributed by atoms with van der Waals surface area (Å²) in [7, 11) is -0.399. The second-order valence-corrected chi connectivity index (χ2v) is 11.7. The first-order chi connectivity index (χ1) is 5.16. The first-order valence-electron chi connectivity index (χ1n) is 4.27. The third-order valence-corrected chi connectivity index (χ3v) is 7.10. The summed E-state index contributed by atoms with van der Waals surface area (Å²) in [6.45, 7) is 17.0. The molecule has 0 saturated carbocycles. The molecule has 0 rings (SSSR count). The van der Waals surface area contributed by atoms with Crippen LogP contribution in [-0.4, -0.2) is 21.6 Å². The van der Waals surface area contributed by atoms with Crippen molar-refractivity contribution in [3.05, 3.63) is 0 Å². The Hall–Kier alpha value is 0.512. The normalized spacial score (nSPS) is 12.2. The van der Waals surface area contributed by atoms with E-state index in [4.69, 9.17) is 0 Å². The summed E-state index contributed by atoms with van der Waals surface area (Å²) in [6, 6.07) is 0. The molecule has 72 valence electrons. The molecule has 12 heavy (non-hydrogen) atoms. The molecule has 4 heteroatoms. The summed E-state index contributed by atoms with van der Waals surface area (Å²) < 4.78 is 9.19. The predicted molar refractivity (Wildman–Crippen MR) is 63.7 cm³/mol. The van der Waals surface area contributed by atoms with Gasteiger partial charge in [-0.3, -0.25) is 0 Å². The zero-order chi connectivity index (χ0) is 10.4. The fraction of sp³-hybridized carbons (Fsp3) is 1.00. The van der Waals surface area contributed by atoms with Crippen LogP contribution in [0, 0.1) is 0 Å². The van der Waals surface area contributed by atoms with Crippen LogP contribution in [0.1, 0.15) is 20.8 Å². The van der Waals surface area contributed by atoms with Crippen molar-refractivity contribution in [1.82, 2.24) is 0 Å². The number of hydrogen-bond acceptors (Lipinski definition) is 1. The minimum atomic E-state index is -0.859. The van der Waals surface area contributed by atoms with Gasteiger partial charge in [-0.15, -0.1) is 0 Å². The number of hydrogen-bond donors (Lipinski definition) is 0. The molecule has 0 aromatic rings. The molecule has 0 aliphatic carbocycles. The Balaban J connectivity index is 0. The van der Waals surface area contributed by atoms with E-state index in [9.17, 15) is 4.70 Å². The molecule has 1 atom stereocenters. The molecule has 0 bridgehead atoms. The van der Waals surface area contributed by atoms with Gasteiger partial charge in [0.15, 0.2) is 0 Å². The second kappa shape index (κ2) is 6.04. The SMILES string of the molecule is CC(C)(C)[Si](C)(C)C.CPB=O. The van der Waals surface area contributed by atoms with Gasteiger partial charge in [0.1, 0.15) is 0 Å². The van der Waals surface area contributed by atoms with Crippen molar-refractivity contribution in [3.8, 4) is 0 Å². The van der Waals surface area contributed by atoms with Gasteiger partial charge in [0.2, 0.25) is 0 Å². The predicted octanol–water partition coefficient (Wildman–Crippen LogP) is 3.38. The molecule has 1 nitrogen and oxygen atoms in total. The maximum atomic E-state index is 9.19. The van der Waals surface area contributed by atoms with Crippen LogP contribution < -0.4 is 0 Å². The van der Waals surface area contributed by atoms with E-state index in [1.54, 1.807) is 0 Å². The Morgan fingerprint density at radius 1 is 1.17 bits per heavy atom. The third-order valence-electron chi connectivity index (χ3n) is 2.37. The van der Waals surface area contributed by atoms with Crippen molar-refractivity contribution < 1.29 is 4.70 Å². The summed E-state index contributed by atoms with van der Waals surface area (Å²) in [5.41, 5.74) is 0. The Bertz CT molecular complexity index is 114. The van der Waals surface area contributed by atoms with Crippen molar-refractivity contribution in [2.45, 2.75) is 45.5 Å². The van der Waals surface area contributed by atoms with Gasteiger partial charge in [-0.05, 0) is 5.04 Å².